The number of piperidine rings is 1. The van der Waals surface area contributed by atoms with Gasteiger partial charge >= 0.3 is 6.36 Å². The Morgan fingerprint density at radius 1 is 1.19 bits per heavy atom. The predicted molar refractivity (Wildman–Crippen MR) is 111 cm³/mol. The molecule has 0 bridgehead atoms. The van der Waals surface area contributed by atoms with Gasteiger partial charge in [0.15, 0.2) is 0 Å². The van der Waals surface area contributed by atoms with Gasteiger partial charge < -0.3 is 10.1 Å². The Labute approximate surface area is 182 Å². The van der Waals surface area contributed by atoms with E-state index >= 15 is 0 Å². The third-order valence-corrected chi connectivity index (χ3v) is 7.20. The first kappa shape index (κ1) is 25.5. The molecule has 1 aliphatic rings. The lowest BCUT2D eigenvalue weighted by atomic mass is 9.96. The minimum atomic E-state index is -4.90. The normalized spacial score (nSPS) is 17.5. The maximum Gasteiger partial charge on any atom is 0.573 e. The van der Waals surface area contributed by atoms with E-state index in [1.807, 2.05) is 6.92 Å². The van der Waals surface area contributed by atoms with E-state index in [4.69, 9.17) is 0 Å². The molecule has 1 unspecified atom stereocenters. The average Bonchev–Trinajstić information content (AvgIpc) is 2.66. The van der Waals surface area contributed by atoms with Crippen LogP contribution in [0.3, 0.4) is 0 Å². The van der Waals surface area contributed by atoms with E-state index in [9.17, 15) is 26.4 Å². The molecule has 1 saturated heterocycles. The molecule has 1 N–H and O–H groups in total. The highest BCUT2D eigenvalue weighted by molar-refractivity contribution is 7.89. The van der Waals surface area contributed by atoms with Crippen LogP contribution < -0.4 is 10.1 Å². The summed E-state index contributed by atoms with van der Waals surface area (Å²) in [7, 11) is -3.98. The largest absolute Gasteiger partial charge is 0.573 e. The first-order chi connectivity index (χ1) is 14.4. The Hall–Kier alpha value is -1.81. The smallest absolute Gasteiger partial charge is 0.406 e. The number of rotatable bonds is 9. The van der Waals surface area contributed by atoms with Crippen molar-refractivity contribution in [1.82, 2.24) is 9.62 Å². The maximum absolute atomic E-state index is 12.8. The van der Waals surface area contributed by atoms with Crippen LogP contribution in [0, 0.1) is 11.8 Å². The number of ether oxygens (including phenoxy) is 1. The van der Waals surface area contributed by atoms with Crippen molar-refractivity contribution in [3.63, 3.8) is 0 Å². The number of nitrogens with one attached hydrogen (secondary N) is 1. The monoisotopic (exact) mass is 464 g/mol. The molecule has 0 radical (unpaired) electrons. The van der Waals surface area contributed by atoms with Crippen LogP contribution in [0.4, 0.5) is 13.2 Å². The van der Waals surface area contributed by atoms with Gasteiger partial charge in [-0.3, -0.25) is 4.79 Å². The SMILES string of the molecule is CC(C)CCCC(C)NC(=O)C1CCN(S(=O)(=O)c2cccc(OC(F)(F)F)c2)CC1. The molecule has 1 fully saturated rings. The number of sulfonamides is 1. The molecule has 1 aliphatic heterocycles. The van der Waals surface area contributed by atoms with Gasteiger partial charge in [0, 0.05) is 31.1 Å². The molecule has 1 aromatic carbocycles. The van der Waals surface area contributed by atoms with Crippen LogP contribution in [-0.2, 0) is 14.8 Å². The molecule has 0 saturated carbocycles. The van der Waals surface area contributed by atoms with Crippen LogP contribution in [-0.4, -0.2) is 44.1 Å². The number of amides is 1. The van der Waals surface area contributed by atoms with Crippen molar-refractivity contribution < 1.29 is 31.1 Å². The highest BCUT2D eigenvalue weighted by Crippen LogP contribution is 2.28. The zero-order chi connectivity index (χ0) is 23.2. The number of hydrogen-bond acceptors (Lipinski definition) is 4. The lowest BCUT2D eigenvalue weighted by Gasteiger charge is -2.31. The summed E-state index contributed by atoms with van der Waals surface area (Å²) in [4.78, 5) is 12.2. The summed E-state index contributed by atoms with van der Waals surface area (Å²) in [6.45, 7) is 6.54. The number of hydrogen-bond donors (Lipinski definition) is 1. The van der Waals surface area contributed by atoms with Crippen molar-refractivity contribution in [2.45, 2.75) is 70.2 Å². The van der Waals surface area contributed by atoms with Gasteiger partial charge in [-0.15, -0.1) is 13.2 Å². The number of alkyl halides is 3. The molecule has 0 aromatic heterocycles. The second kappa shape index (κ2) is 10.7. The van der Waals surface area contributed by atoms with Gasteiger partial charge in [0.1, 0.15) is 5.75 Å². The second-order valence-electron chi connectivity index (χ2n) is 8.44. The van der Waals surface area contributed by atoms with Crippen LogP contribution in [0.1, 0.15) is 52.9 Å². The van der Waals surface area contributed by atoms with Crippen molar-refractivity contribution in [3.8, 4) is 5.75 Å². The first-order valence-corrected chi connectivity index (χ1v) is 12.0. The minimum Gasteiger partial charge on any atom is -0.406 e. The predicted octanol–water partition coefficient (Wildman–Crippen LogP) is 4.32. The summed E-state index contributed by atoms with van der Waals surface area (Å²) in [5.41, 5.74) is 0. The van der Waals surface area contributed by atoms with E-state index < -0.39 is 22.1 Å². The summed E-state index contributed by atoms with van der Waals surface area (Å²) >= 11 is 0. The van der Waals surface area contributed by atoms with E-state index in [0.29, 0.717) is 18.8 Å². The number of halogens is 3. The number of carbonyl (C=O) groups is 1. The molecule has 1 atom stereocenters. The topological polar surface area (TPSA) is 75.7 Å². The van der Waals surface area contributed by atoms with Crippen molar-refractivity contribution in [2.24, 2.45) is 11.8 Å². The first-order valence-electron chi connectivity index (χ1n) is 10.5. The summed E-state index contributed by atoms with van der Waals surface area (Å²) < 4.78 is 67.9. The number of nitrogens with zero attached hydrogens (tertiary/aromatic N) is 1. The van der Waals surface area contributed by atoms with Gasteiger partial charge in [0.2, 0.25) is 15.9 Å². The highest BCUT2D eigenvalue weighted by atomic mass is 32.2. The van der Waals surface area contributed by atoms with E-state index in [1.165, 1.54) is 16.4 Å². The summed E-state index contributed by atoms with van der Waals surface area (Å²) in [5.74, 6) is -0.322. The minimum absolute atomic E-state index is 0.0596. The third kappa shape index (κ3) is 7.99. The Balaban J connectivity index is 1.91. The lowest BCUT2D eigenvalue weighted by molar-refractivity contribution is -0.274. The van der Waals surface area contributed by atoms with Gasteiger partial charge in [-0.25, -0.2) is 8.42 Å². The van der Waals surface area contributed by atoms with Gasteiger partial charge in [0.25, 0.3) is 0 Å². The molecular formula is C21H31F3N2O4S. The van der Waals surface area contributed by atoms with Crippen molar-refractivity contribution in [1.29, 1.82) is 0 Å². The molecular weight excluding hydrogens is 433 g/mol. The molecule has 6 nitrogen and oxygen atoms in total. The van der Waals surface area contributed by atoms with E-state index in [-0.39, 0.29) is 35.9 Å². The Kier molecular flexibility index (Phi) is 8.76. The van der Waals surface area contributed by atoms with Crippen LogP contribution in [0.5, 0.6) is 5.75 Å². The van der Waals surface area contributed by atoms with Crippen LogP contribution in [0.25, 0.3) is 0 Å². The number of benzene rings is 1. The molecule has 1 heterocycles. The van der Waals surface area contributed by atoms with Crippen molar-refractivity contribution in [2.75, 3.05) is 13.1 Å². The van der Waals surface area contributed by atoms with E-state index in [2.05, 4.69) is 23.9 Å². The fraction of sp³-hybridized carbons (Fsp3) is 0.667. The van der Waals surface area contributed by atoms with Gasteiger partial charge in [0.05, 0.1) is 4.90 Å². The van der Waals surface area contributed by atoms with Crippen molar-refractivity contribution >= 4 is 15.9 Å². The lowest BCUT2D eigenvalue weighted by Crippen LogP contribution is -2.44. The summed E-state index contributed by atoms with van der Waals surface area (Å²) in [6.07, 6.45) is -1.14. The quantitative estimate of drug-likeness (QED) is 0.591. The Morgan fingerprint density at radius 2 is 1.84 bits per heavy atom. The molecule has 1 amide bonds. The molecule has 1 aromatic rings. The molecule has 2 rings (SSSR count). The summed E-state index contributed by atoms with van der Waals surface area (Å²) in [6, 6.07) is 4.40. The molecule has 0 spiro atoms. The van der Waals surface area contributed by atoms with E-state index in [0.717, 1.165) is 31.4 Å². The van der Waals surface area contributed by atoms with Gasteiger partial charge in [-0.2, -0.15) is 4.31 Å². The standard InChI is InChI=1S/C21H31F3N2O4S/c1-15(2)6-4-7-16(3)25-20(27)17-10-12-26(13-11-17)31(28,29)19-9-5-8-18(14-19)30-21(22,23)24/h5,8-9,14-17H,4,6-7,10-13H2,1-3H3,(H,25,27). The van der Waals surface area contributed by atoms with Gasteiger partial charge in [-0.1, -0.05) is 32.8 Å². The van der Waals surface area contributed by atoms with Crippen LogP contribution in [0.2, 0.25) is 0 Å². The molecule has 0 aliphatic carbocycles. The van der Waals surface area contributed by atoms with E-state index in [1.54, 1.807) is 0 Å². The molecule has 31 heavy (non-hydrogen) atoms. The average molecular weight is 465 g/mol. The highest BCUT2D eigenvalue weighted by Gasteiger charge is 2.34. The Morgan fingerprint density at radius 3 is 2.42 bits per heavy atom. The zero-order valence-electron chi connectivity index (χ0n) is 18.1. The van der Waals surface area contributed by atoms with Crippen LogP contribution >= 0.6 is 0 Å². The third-order valence-electron chi connectivity index (χ3n) is 5.31. The fourth-order valence-electron chi connectivity index (χ4n) is 3.60. The summed E-state index contributed by atoms with van der Waals surface area (Å²) in [5, 5.41) is 3.01. The Bertz CT molecular complexity index is 835. The fourth-order valence-corrected chi connectivity index (χ4v) is 5.11. The maximum atomic E-state index is 12.8. The molecule has 10 heteroatoms. The van der Waals surface area contributed by atoms with Crippen LogP contribution in [0.15, 0.2) is 29.2 Å². The van der Waals surface area contributed by atoms with Gasteiger partial charge in [-0.05, 0) is 44.2 Å². The number of carbonyl (C=O) groups excluding carboxylic acids is 1. The zero-order valence-corrected chi connectivity index (χ0v) is 18.9. The second-order valence-corrected chi connectivity index (χ2v) is 10.4. The molecule has 176 valence electrons. The van der Waals surface area contributed by atoms with Crippen molar-refractivity contribution in [3.05, 3.63) is 24.3 Å².